The SMILES string of the molecule is CC(C)(C)OC(=O)c1occ(-c2nnc(Cc3ccc(F)cc3F)s2)c(=O)c1OCc1ccccc1.O=C(O)c1occ(-c2nnc(Cc3ccc(F)cc3F)s2)c(=O)c1OCc1ccccc1. The first kappa shape index (κ1) is 48.1. The van der Waals surface area contributed by atoms with Gasteiger partial charge in [0.05, 0.1) is 11.1 Å². The molecule has 0 atom stereocenters. The molecule has 0 unspecified atom stereocenters. The Labute approximate surface area is 391 Å². The number of carbonyl (C=O) groups is 2. The standard InChI is InChI=1S/C26H22F2N2O5S.C22H14F2N2O5S/c1-26(2,3)35-25(32)23-22(33-13-15-7-5-4-6-8-15)21(31)18(14-34-23)24-30-29-20(36-24)11-16-9-10-17(27)12-19(16)28;23-14-7-6-13(16(24)9-14)8-17-25-26-21(32-17)15-11-31-20(22(28)29)19(18(15)27)30-10-12-4-2-1-3-5-12/h4-10,12,14H,11,13H2,1-3H3;1-7,9,11H,8,10H2,(H,28,29). The fourth-order valence-corrected chi connectivity index (χ4v) is 7.78. The number of hydrogen-bond donors (Lipinski definition) is 1. The normalized spacial score (nSPS) is 11.1. The molecule has 348 valence electrons. The van der Waals surface area contributed by atoms with Crippen LogP contribution >= 0.6 is 22.7 Å². The van der Waals surface area contributed by atoms with Crippen molar-refractivity contribution >= 4 is 34.6 Å². The van der Waals surface area contributed by atoms with Crippen molar-refractivity contribution in [3.05, 3.63) is 197 Å². The number of esters is 1. The van der Waals surface area contributed by atoms with Crippen molar-refractivity contribution in [1.29, 1.82) is 0 Å². The third-order valence-corrected chi connectivity index (χ3v) is 11.2. The van der Waals surface area contributed by atoms with Crippen molar-refractivity contribution in [2.24, 2.45) is 0 Å². The number of rotatable bonds is 14. The number of carboxylic acid groups (broad SMARTS) is 1. The van der Waals surface area contributed by atoms with E-state index in [1.54, 1.807) is 45.0 Å². The van der Waals surface area contributed by atoms with Crippen LogP contribution in [0.2, 0.25) is 0 Å². The maximum atomic E-state index is 14.0. The molecule has 0 aliphatic carbocycles. The molecule has 8 aromatic rings. The molecular weight excluding hydrogens is 933 g/mol. The van der Waals surface area contributed by atoms with E-state index < -0.39 is 63.2 Å². The van der Waals surface area contributed by atoms with Gasteiger partial charge in [0, 0.05) is 25.0 Å². The highest BCUT2D eigenvalue weighted by Gasteiger charge is 2.29. The summed E-state index contributed by atoms with van der Waals surface area (Å²) in [6, 6.07) is 24.5. The van der Waals surface area contributed by atoms with Crippen molar-refractivity contribution in [3.63, 3.8) is 0 Å². The van der Waals surface area contributed by atoms with Crippen LogP contribution in [0.25, 0.3) is 21.1 Å². The van der Waals surface area contributed by atoms with E-state index in [2.05, 4.69) is 20.4 Å². The average Bonchev–Trinajstić information content (AvgIpc) is 3.97. The summed E-state index contributed by atoms with van der Waals surface area (Å²) in [6.07, 6.45) is 2.17. The number of aromatic carboxylic acids is 1. The second-order valence-corrected chi connectivity index (χ2v) is 17.6. The Morgan fingerprint density at radius 1 is 0.618 bits per heavy atom. The van der Waals surface area contributed by atoms with Gasteiger partial charge < -0.3 is 28.2 Å². The summed E-state index contributed by atoms with van der Waals surface area (Å²) in [5.41, 5.74) is -0.240. The Kier molecular flexibility index (Phi) is 15.0. The number of halogens is 4. The number of benzene rings is 4. The Morgan fingerprint density at radius 2 is 1.04 bits per heavy atom. The van der Waals surface area contributed by atoms with Gasteiger partial charge in [-0.15, -0.1) is 20.4 Å². The predicted octanol–water partition coefficient (Wildman–Crippen LogP) is 9.87. The first-order valence-electron chi connectivity index (χ1n) is 20.2. The first-order valence-corrected chi connectivity index (χ1v) is 21.8. The summed E-state index contributed by atoms with van der Waals surface area (Å²) >= 11 is 2.04. The molecule has 0 fully saturated rings. The zero-order chi connectivity index (χ0) is 48.5. The van der Waals surface area contributed by atoms with Crippen molar-refractivity contribution in [3.8, 4) is 32.6 Å². The number of nitrogens with zero attached hydrogens (tertiary/aromatic N) is 4. The molecule has 14 nitrogen and oxygen atoms in total. The zero-order valence-corrected chi connectivity index (χ0v) is 37.6. The molecule has 0 aliphatic heterocycles. The second kappa shape index (κ2) is 21.2. The fourth-order valence-electron chi connectivity index (χ4n) is 6.05. The van der Waals surface area contributed by atoms with Gasteiger partial charge in [0.25, 0.3) is 11.5 Å². The van der Waals surface area contributed by atoms with Crippen LogP contribution < -0.4 is 20.3 Å². The van der Waals surface area contributed by atoms with Gasteiger partial charge >= 0.3 is 11.9 Å². The lowest BCUT2D eigenvalue weighted by atomic mass is 10.1. The molecule has 0 radical (unpaired) electrons. The number of hydrogen-bond acceptors (Lipinski definition) is 15. The number of carboxylic acids is 1. The van der Waals surface area contributed by atoms with Gasteiger partial charge in [-0.2, -0.15) is 0 Å². The van der Waals surface area contributed by atoms with Gasteiger partial charge in [0.1, 0.15) is 64.6 Å². The highest BCUT2D eigenvalue weighted by molar-refractivity contribution is 7.15. The van der Waals surface area contributed by atoms with Crippen LogP contribution in [0.4, 0.5) is 17.6 Å². The third kappa shape index (κ3) is 12.1. The van der Waals surface area contributed by atoms with E-state index >= 15 is 0 Å². The largest absolute Gasteiger partial charge is 0.481 e. The van der Waals surface area contributed by atoms with E-state index in [-0.39, 0.29) is 69.8 Å². The molecule has 4 aromatic heterocycles. The van der Waals surface area contributed by atoms with Crippen LogP contribution in [0.3, 0.4) is 0 Å². The van der Waals surface area contributed by atoms with Gasteiger partial charge in [-0.1, -0.05) is 95.5 Å². The molecular formula is C48H36F4N4O10S2. The zero-order valence-electron chi connectivity index (χ0n) is 36.0. The summed E-state index contributed by atoms with van der Waals surface area (Å²) in [6.45, 7) is 5.04. The van der Waals surface area contributed by atoms with E-state index in [1.165, 1.54) is 12.1 Å². The van der Waals surface area contributed by atoms with Gasteiger partial charge in [-0.05, 0) is 55.2 Å². The lowest BCUT2D eigenvalue weighted by molar-refractivity contribution is 0.00265. The summed E-state index contributed by atoms with van der Waals surface area (Å²) in [7, 11) is 0. The van der Waals surface area contributed by atoms with Crippen LogP contribution in [0.15, 0.2) is 128 Å². The summed E-state index contributed by atoms with van der Waals surface area (Å²) < 4.78 is 81.5. The molecule has 1 N–H and O–H groups in total. The number of carbonyl (C=O) groups excluding carboxylic acids is 1. The molecule has 68 heavy (non-hydrogen) atoms. The van der Waals surface area contributed by atoms with E-state index in [1.807, 2.05) is 36.4 Å². The van der Waals surface area contributed by atoms with Gasteiger partial charge in [0.15, 0.2) is 10.0 Å². The minimum Gasteiger partial charge on any atom is -0.481 e. The molecule has 0 saturated heterocycles. The molecule has 4 heterocycles. The van der Waals surface area contributed by atoms with E-state index in [0.717, 1.165) is 70.6 Å². The molecule has 0 bridgehead atoms. The molecule has 0 spiro atoms. The van der Waals surface area contributed by atoms with Gasteiger partial charge in [-0.25, -0.2) is 27.2 Å². The third-order valence-electron chi connectivity index (χ3n) is 9.24. The fraction of sp³-hybridized carbons (Fsp3) is 0.167. The van der Waals surface area contributed by atoms with E-state index in [4.69, 9.17) is 23.0 Å². The van der Waals surface area contributed by atoms with Crippen molar-refractivity contribution in [1.82, 2.24) is 20.4 Å². The maximum absolute atomic E-state index is 14.0. The highest BCUT2D eigenvalue weighted by Crippen LogP contribution is 2.30. The summed E-state index contributed by atoms with van der Waals surface area (Å²) in [5.74, 6) is -6.87. The average molecular weight is 969 g/mol. The maximum Gasteiger partial charge on any atom is 0.378 e. The molecule has 0 saturated carbocycles. The minimum atomic E-state index is -1.46. The lowest BCUT2D eigenvalue weighted by Gasteiger charge is -2.19. The Bertz CT molecular complexity index is 3210. The smallest absolute Gasteiger partial charge is 0.378 e. The summed E-state index contributed by atoms with van der Waals surface area (Å²) in [4.78, 5) is 50.6. The lowest BCUT2D eigenvalue weighted by Crippen LogP contribution is -2.25. The van der Waals surface area contributed by atoms with Crippen molar-refractivity contribution in [2.45, 2.75) is 52.4 Å². The second-order valence-electron chi connectivity index (χ2n) is 15.5. The van der Waals surface area contributed by atoms with Crippen LogP contribution in [-0.4, -0.2) is 43.0 Å². The quantitative estimate of drug-likeness (QED) is 0.0799. The summed E-state index contributed by atoms with van der Waals surface area (Å²) in [5, 5.41) is 26.4. The van der Waals surface area contributed by atoms with E-state index in [9.17, 15) is 41.8 Å². The molecule has 4 aromatic carbocycles. The van der Waals surface area contributed by atoms with Gasteiger partial charge in [-0.3, -0.25) is 9.59 Å². The topological polar surface area (TPSA) is 194 Å². The van der Waals surface area contributed by atoms with Crippen molar-refractivity contribution < 1.29 is 55.3 Å². The van der Waals surface area contributed by atoms with Gasteiger partial charge in [0.2, 0.25) is 22.4 Å². The monoisotopic (exact) mass is 968 g/mol. The molecule has 8 rings (SSSR count). The Morgan fingerprint density at radius 3 is 1.46 bits per heavy atom. The molecule has 0 aliphatic rings. The van der Waals surface area contributed by atoms with Crippen LogP contribution in [-0.2, 0) is 30.8 Å². The van der Waals surface area contributed by atoms with Crippen LogP contribution in [0.5, 0.6) is 11.5 Å². The first-order chi connectivity index (χ1) is 32.5. The molecule has 20 heteroatoms. The van der Waals surface area contributed by atoms with Crippen LogP contribution in [0.1, 0.15) is 74.1 Å². The minimum absolute atomic E-state index is 0.00998. The number of aromatic nitrogens is 4. The van der Waals surface area contributed by atoms with Crippen LogP contribution in [0, 0.1) is 23.3 Å². The number of ether oxygens (including phenoxy) is 3. The highest BCUT2D eigenvalue weighted by atomic mass is 32.1. The Balaban J connectivity index is 0.000000203. The van der Waals surface area contributed by atoms with E-state index in [0.29, 0.717) is 10.0 Å². The van der Waals surface area contributed by atoms with Crippen molar-refractivity contribution in [2.75, 3.05) is 0 Å². The molecule has 0 amide bonds. The predicted molar refractivity (Wildman–Crippen MR) is 240 cm³/mol. The Hall–Kier alpha value is -7.84.